The maximum atomic E-state index is 12.2. The minimum Gasteiger partial charge on any atom is -0.481 e. The number of hydrogen-bond acceptors (Lipinski definition) is 3. The zero-order valence-corrected chi connectivity index (χ0v) is 14.3. The van der Waals surface area contributed by atoms with Gasteiger partial charge in [-0.25, -0.2) is 0 Å². The second kappa shape index (κ2) is 7.25. The van der Waals surface area contributed by atoms with Gasteiger partial charge in [-0.1, -0.05) is 25.0 Å². The van der Waals surface area contributed by atoms with E-state index in [1.807, 2.05) is 12.1 Å². The average Bonchev–Trinajstić information content (AvgIpc) is 3.20. The molecule has 0 heterocycles. The third-order valence-electron chi connectivity index (χ3n) is 5.19. The summed E-state index contributed by atoms with van der Waals surface area (Å²) in [6.45, 7) is 1.68. The lowest BCUT2D eigenvalue weighted by atomic mass is 10.1. The molecule has 1 aromatic carbocycles. The van der Waals surface area contributed by atoms with Gasteiger partial charge in [0.05, 0.1) is 5.92 Å². The highest BCUT2D eigenvalue weighted by molar-refractivity contribution is 5.97. The fourth-order valence-corrected chi connectivity index (χ4v) is 3.49. The molecule has 2 amide bonds. The quantitative estimate of drug-likeness (QED) is 0.739. The van der Waals surface area contributed by atoms with Crippen molar-refractivity contribution in [1.82, 2.24) is 5.32 Å². The zero-order valence-electron chi connectivity index (χ0n) is 14.3. The lowest BCUT2D eigenvalue weighted by molar-refractivity contribution is -0.138. The highest BCUT2D eigenvalue weighted by atomic mass is 16.4. The Hall–Kier alpha value is -2.37. The Kier molecular flexibility index (Phi) is 5.06. The van der Waals surface area contributed by atoms with Crippen LogP contribution in [0.3, 0.4) is 0 Å². The van der Waals surface area contributed by atoms with Gasteiger partial charge < -0.3 is 15.7 Å². The summed E-state index contributed by atoms with van der Waals surface area (Å²) in [5.74, 6) is -1.22. The van der Waals surface area contributed by atoms with Crippen LogP contribution in [0.2, 0.25) is 0 Å². The molecule has 0 radical (unpaired) electrons. The van der Waals surface area contributed by atoms with Crippen LogP contribution in [0.15, 0.2) is 24.3 Å². The number of anilines is 1. The standard InChI is InChI=1S/C19H24N2O4/c1-11(20-18(23)13-4-2-3-5-13)17(22)21-14-8-6-12(7-9-14)15-10-16(15)19(24)25/h6-9,11,13,15-16H,2-5,10H2,1H3,(H,20,23)(H,21,22)(H,24,25)/t11?,15-,16+/m0/s1. The van der Waals surface area contributed by atoms with Gasteiger partial charge in [-0.05, 0) is 49.8 Å². The average molecular weight is 344 g/mol. The molecule has 0 spiro atoms. The summed E-state index contributed by atoms with van der Waals surface area (Å²) < 4.78 is 0. The van der Waals surface area contributed by atoms with Gasteiger partial charge in [0.2, 0.25) is 11.8 Å². The van der Waals surface area contributed by atoms with Crippen molar-refractivity contribution in [1.29, 1.82) is 0 Å². The monoisotopic (exact) mass is 344 g/mol. The predicted octanol–water partition coefficient (Wildman–Crippen LogP) is 2.51. The van der Waals surface area contributed by atoms with Crippen LogP contribution >= 0.6 is 0 Å². The molecule has 0 aromatic heterocycles. The van der Waals surface area contributed by atoms with Crippen LogP contribution in [0.25, 0.3) is 0 Å². The van der Waals surface area contributed by atoms with Crippen LogP contribution < -0.4 is 10.6 Å². The summed E-state index contributed by atoms with van der Waals surface area (Å²) in [7, 11) is 0. The summed E-state index contributed by atoms with van der Waals surface area (Å²) in [5.41, 5.74) is 1.62. The van der Waals surface area contributed by atoms with E-state index in [0.29, 0.717) is 12.1 Å². The van der Waals surface area contributed by atoms with E-state index >= 15 is 0 Å². The Labute approximate surface area is 147 Å². The highest BCUT2D eigenvalue weighted by Gasteiger charge is 2.44. The van der Waals surface area contributed by atoms with Gasteiger partial charge in [0.15, 0.2) is 0 Å². The first-order valence-corrected chi connectivity index (χ1v) is 8.89. The van der Waals surface area contributed by atoms with Crippen molar-refractivity contribution in [2.24, 2.45) is 11.8 Å². The smallest absolute Gasteiger partial charge is 0.307 e. The molecule has 3 atom stereocenters. The molecule has 0 saturated heterocycles. The first-order valence-electron chi connectivity index (χ1n) is 8.89. The van der Waals surface area contributed by atoms with E-state index in [0.717, 1.165) is 31.2 Å². The van der Waals surface area contributed by atoms with Crippen molar-refractivity contribution >= 4 is 23.5 Å². The number of carboxylic acid groups (broad SMARTS) is 1. The van der Waals surface area contributed by atoms with E-state index in [1.165, 1.54) is 0 Å². The number of nitrogens with one attached hydrogen (secondary N) is 2. The van der Waals surface area contributed by atoms with Crippen LogP contribution in [-0.2, 0) is 14.4 Å². The van der Waals surface area contributed by atoms with Gasteiger partial charge in [0, 0.05) is 11.6 Å². The molecule has 25 heavy (non-hydrogen) atoms. The zero-order chi connectivity index (χ0) is 18.0. The predicted molar refractivity (Wildman–Crippen MR) is 93.1 cm³/mol. The normalized spacial score (nSPS) is 23.7. The third-order valence-corrected chi connectivity index (χ3v) is 5.19. The molecular formula is C19H24N2O4. The molecule has 2 saturated carbocycles. The SMILES string of the molecule is CC(NC(=O)C1CCCC1)C(=O)Nc1ccc([C@@H]2C[C@H]2C(=O)O)cc1. The number of carbonyl (C=O) groups is 3. The minimum atomic E-state index is -0.755. The van der Waals surface area contributed by atoms with Crippen LogP contribution in [0, 0.1) is 11.8 Å². The summed E-state index contributed by atoms with van der Waals surface area (Å²) in [6.07, 6.45) is 4.63. The van der Waals surface area contributed by atoms with Crippen molar-refractivity contribution in [2.75, 3.05) is 5.32 Å². The van der Waals surface area contributed by atoms with Gasteiger partial charge in [0.1, 0.15) is 6.04 Å². The van der Waals surface area contributed by atoms with Gasteiger partial charge in [-0.15, -0.1) is 0 Å². The maximum absolute atomic E-state index is 12.2. The van der Waals surface area contributed by atoms with Crippen molar-refractivity contribution < 1.29 is 19.5 Å². The largest absolute Gasteiger partial charge is 0.481 e. The second-order valence-corrected chi connectivity index (χ2v) is 7.11. The number of benzene rings is 1. The molecule has 6 nitrogen and oxygen atoms in total. The minimum absolute atomic E-state index is 0.0373. The highest BCUT2D eigenvalue weighted by Crippen LogP contribution is 2.47. The Morgan fingerprint density at radius 3 is 2.32 bits per heavy atom. The first kappa shape index (κ1) is 17.5. The van der Waals surface area contributed by atoms with Gasteiger partial charge in [-0.3, -0.25) is 14.4 Å². The fraction of sp³-hybridized carbons (Fsp3) is 0.526. The first-order chi connectivity index (χ1) is 12.0. The molecule has 134 valence electrons. The molecular weight excluding hydrogens is 320 g/mol. The van der Waals surface area contributed by atoms with E-state index in [1.54, 1.807) is 19.1 Å². The Morgan fingerprint density at radius 1 is 1.12 bits per heavy atom. The van der Waals surface area contributed by atoms with Crippen molar-refractivity contribution in [2.45, 2.75) is 51.0 Å². The van der Waals surface area contributed by atoms with Crippen LogP contribution in [0.4, 0.5) is 5.69 Å². The topological polar surface area (TPSA) is 95.5 Å². The number of amides is 2. The van der Waals surface area contributed by atoms with Crippen molar-refractivity contribution in [3.05, 3.63) is 29.8 Å². The van der Waals surface area contributed by atoms with Crippen LogP contribution in [-0.4, -0.2) is 28.9 Å². The molecule has 1 unspecified atom stereocenters. The van der Waals surface area contributed by atoms with Crippen molar-refractivity contribution in [3.63, 3.8) is 0 Å². The van der Waals surface area contributed by atoms with Gasteiger partial charge in [0.25, 0.3) is 0 Å². The summed E-state index contributed by atoms with van der Waals surface area (Å²) in [5, 5.41) is 14.6. The molecule has 0 aliphatic heterocycles. The summed E-state index contributed by atoms with van der Waals surface area (Å²) >= 11 is 0. The van der Waals surface area contributed by atoms with Gasteiger partial charge >= 0.3 is 5.97 Å². The lowest BCUT2D eigenvalue weighted by Crippen LogP contribution is -2.43. The Morgan fingerprint density at radius 2 is 1.76 bits per heavy atom. The van der Waals surface area contributed by atoms with Gasteiger partial charge in [-0.2, -0.15) is 0 Å². The fourth-order valence-electron chi connectivity index (χ4n) is 3.49. The number of hydrogen-bond donors (Lipinski definition) is 3. The number of rotatable bonds is 6. The molecule has 2 fully saturated rings. The number of carboxylic acids is 1. The third kappa shape index (κ3) is 4.18. The number of carbonyl (C=O) groups excluding carboxylic acids is 2. The van der Waals surface area contributed by atoms with E-state index in [-0.39, 0.29) is 29.6 Å². The van der Waals surface area contributed by atoms with Crippen molar-refractivity contribution in [3.8, 4) is 0 Å². The van der Waals surface area contributed by atoms with E-state index in [2.05, 4.69) is 10.6 Å². The molecule has 1 aromatic rings. The van der Waals surface area contributed by atoms with E-state index < -0.39 is 12.0 Å². The summed E-state index contributed by atoms with van der Waals surface area (Å²) in [4.78, 5) is 35.2. The van der Waals surface area contributed by atoms with E-state index in [9.17, 15) is 14.4 Å². The summed E-state index contributed by atoms with van der Waals surface area (Å²) in [6, 6.07) is 6.66. The number of aliphatic carboxylic acids is 1. The Bertz CT molecular complexity index is 665. The molecule has 3 N–H and O–H groups in total. The molecule has 3 rings (SSSR count). The molecule has 2 aliphatic carbocycles. The van der Waals surface area contributed by atoms with Crippen LogP contribution in [0.5, 0.6) is 0 Å². The Balaban J connectivity index is 1.50. The van der Waals surface area contributed by atoms with Crippen LogP contribution in [0.1, 0.15) is 50.5 Å². The molecule has 0 bridgehead atoms. The molecule has 6 heteroatoms. The van der Waals surface area contributed by atoms with E-state index in [4.69, 9.17) is 5.11 Å². The lowest BCUT2D eigenvalue weighted by Gasteiger charge is -2.17. The molecule has 2 aliphatic rings. The second-order valence-electron chi connectivity index (χ2n) is 7.11. The maximum Gasteiger partial charge on any atom is 0.307 e.